The Morgan fingerprint density at radius 1 is 1.19 bits per heavy atom. The van der Waals surface area contributed by atoms with Crippen LogP contribution in [0, 0.1) is 0 Å². The van der Waals surface area contributed by atoms with Crippen molar-refractivity contribution in [3.05, 3.63) is 69.9 Å². The fraction of sp³-hybridized carbons (Fsp3) is 0.143. The van der Waals surface area contributed by atoms with Gasteiger partial charge in [0.2, 0.25) is 10.0 Å². The van der Waals surface area contributed by atoms with E-state index in [2.05, 4.69) is 14.7 Å². The van der Waals surface area contributed by atoms with Gasteiger partial charge in [0.05, 0.1) is 24.7 Å². The van der Waals surface area contributed by atoms with Crippen LogP contribution in [-0.2, 0) is 23.6 Å². The molecule has 0 atom stereocenters. The van der Waals surface area contributed by atoms with Crippen molar-refractivity contribution in [2.24, 2.45) is 7.05 Å². The van der Waals surface area contributed by atoms with Crippen LogP contribution in [0.1, 0.15) is 5.56 Å². The number of H-pyrrole nitrogens is 1. The van der Waals surface area contributed by atoms with E-state index in [0.29, 0.717) is 28.6 Å². The smallest absolute Gasteiger partial charge is 0.272 e. The zero-order chi connectivity index (χ0) is 21.9. The number of aryl methyl sites for hydroxylation is 1. The summed E-state index contributed by atoms with van der Waals surface area (Å²) in [5.74, 6) is 0.650. The maximum absolute atomic E-state index is 12.6. The minimum atomic E-state index is -3.48. The molecule has 8 nitrogen and oxygen atoms in total. The molecule has 0 unspecified atom stereocenters. The number of fused-ring (bicyclic) bond motifs is 2. The van der Waals surface area contributed by atoms with Crippen molar-refractivity contribution in [3.8, 4) is 11.1 Å². The molecule has 3 aromatic heterocycles. The lowest BCUT2D eigenvalue weighted by Crippen LogP contribution is -2.19. The molecule has 5 rings (SSSR count). The van der Waals surface area contributed by atoms with E-state index in [0.717, 1.165) is 34.0 Å². The molecule has 2 N–H and O–H groups in total. The summed E-state index contributed by atoms with van der Waals surface area (Å²) in [6.07, 6.45) is 6.18. The number of nitrogens with one attached hydrogen (secondary N) is 2. The topological polar surface area (TPSA) is 100 Å². The lowest BCUT2D eigenvalue weighted by molar-refractivity contribution is 0.607. The summed E-state index contributed by atoms with van der Waals surface area (Å²) in [4.78, 5) is 22.0. The summed E-state index contributed by atoms with van der Waals surface area (Å²) in [5.41, 5.74) is 4.05. The highest BCUT2D eigenvalue weighted by atomic mass is 35.5. The molecule has 31 heavy (non-hydrogen) atoms. The number of anilines is 3. The van der Waals surface area contributed by atoms with Gasteiger partial charge in [0.1, 0.15) is 11.3 Å². The van der Waals surface area contributed by atoms with E-state index in [-0.39, 0.29) is 5.56 Å². The Hall–Kier alpha value is -3.30. The van der Waals surface area contributed by atoms with Crippen LogP contribution in [0.4, 0.5) is 17.2 Å². The molecule has 1 aromatic carbocycles. The molecular formula is C21H18ClN5O3S. The predicted molar refractivity (Wildman–Crippen MR) is 123 cm³/mol. The van der Waals surface area contributed by atoms with E-state index >= 15 is 0 Å². The number of aromatic nitrogens is 3. The highest BCUT2D eigenvalue weighted by Crippen LogP contribution is 2.43. The molecule has 4 aromatic rings. The van der Waals surface area contributed by atoms with Crippen LogP contribution in [0.15, 0.2) is 53.7 Å². The molecule has 0 spiro atoms. The zero-order valence-corrected chi connectivity index (χ0v) is 18.3. The van der Waals surface area contributed by atoms with Crippen LogP contribution in [0.5, 0.6) is 0 Å². The van der Waals surface area contributed by atoms with Gasteiger partial charge in [0, 0.05) is 46.7 Å². The number of halogens is 1. The summed E-state index contributed by atoms with van der Waals surface area (Å²) in [6.45, 7) is 0.463. The van der Waals surface area contributed by atoms with Crippen molar-refractivity contribution in [3.63, 3.8) is 0 Å². The molecule has 1 aliphatic heterocycles. The van der Waals surface area contributed by atoms with E-state index < -0.39 is 10.0 Å². The maximum atomic E-state index is 12.6. The molecule has 0 radical (unpaired) electrons. The second kappa shape index (κ2) is 6.86. The van der Waals surface area contributed by atoms with Gasteiger partial charge >= 0.3 is 0 Å². The fourth-order valence-corrected chi connectivity index (χ4v) is 4.73. The Kier molecular flexibility index (Phi) is 4.35. The molecule has 0 fully saturated rings. The van der Waals surface area contributed by atoms with Crippen molar-refractivity contribution in [2.45, 2.75) is 6.54 Å². The lowest BCUT2D eigenvalue weighted by atomic mass is 10.0. The van der Waals surface area contributed by atoms with E-state index in [9.17, 15) is 13.2 Å². The highest BCUT2D eigenvalue weighted by Gasteiger charge is 2.27. The SMILES string of the molecule is Cn1cc2c3c(c[nH]c(=O)c31)CN(c1ccc(Cl)cc1)c1ncc(NS(C)(=O)=O)cc1-2. The van der Waals surface area contributed by atoms with Crippen LogP contribution in [0.3, 0.4) is 0 Å². The molecule has 0 saturated carbocycles. The molecule has 1 aliphatic rings. The third-order valence-electron chi connectivity index (χ3n) is 5.28. The monoisotopic (exact) mass is 455 g/mol. The highest BCUT2D eigenvalue weighted by molar-refractivity contribution is 7.92. The first-order valence-corrected chi connectivity index (χ1v) is 11.7. The molecule has 158 valence electrons. The number of rotatable bonds is 3. The van der Waals surface area contributed by atoms with Crippen LogP contribution in [0.2, 0.25) is 5.02 Å². The first-order chi connectivity index (χ1) is 14.7. The van der Waals surface area contributed by atoms with Gasteiger partial charge in [0.15, 0.2) is 0 Å². The zero-order valence-electron chi connectivity index (χ0n) is 16.7. The van der Waals surface area contributed by atoms with Gasteiger partial charge in [-0.3, -0.25) is 9.52 Å². The summed E-state index contributed by atoms with van der Waals surface area (Å²) in [6, 6.07) is 9.15. The van der Waals surface area contributed by atoms with Gasteiger partial charge in [-0.2, -0.15) is 0 Å². The van der Waals surface area contributed by atoms with Crippen molar-refractivity contribution >= 4 is 49.7 Å². The normalized spacial score (nSPS) is 13.2. The van der Waals surface area contributed by atoms with Gasteiger partial charge in [-0.25, -0.2) is 13.4 Å². The van der Waals surface area contributed by atoms with Crippen LogP contribution < -0.4 is 15.2 Å². The summed E-state index contributed by atoms with van der Waals surface area (Å²) >= 11 is 6.08. The Bertz CT molecular complexity index is 1510. The third kappa shape index (κ3) is 3.35. The van der Waals surface area contributed by atoms with E-state index in [1.165, 1.54) is 6.20 Å². The molecule has 0 amide bonds. The molecule has 10 heteroatoms. The first kappa shape index (κ1) is 19.7. The van der Waals surface area contributed by atoms with E-state index in [4.69, 9.17) is 11.6 Å². The third-order valence-corrected chi connectivity index (χ3v) is 6.14. The van der Waals surface area contributed by atoms with Crippen molar-refractivity contribution < 1.29 is 8.42 Å². The van der Waals surface area contributed by atoms with Gasteiger partial charge in [-0.1, -0.05) is 11.6 Å². The van der Waals surface area contributed by atoms with Crippen molar-refractivity contribution in [1.29, 1.82) is 0 Å². The minimum Gasteiger partial charge on any atom is -0.345 e. The quantitative estimate of drug-likeness (QED) is 0.491. The molecular weight excluding hydrogens is 438 g/mol. The lowest BCUT2D eigenvalue weighted by Gasteiger charge is -2.25. The second-order valence-corrected chi connectivity index (χ2v) is 9.74. The van der Waals surface area contributed by atoms with Gasteiger partial charge in [-0.15, -0.1) is 0 Å². The standard InChI is InChI=1S/C21H18ClN5O3S/c1-26-11-17-16-7-14(25-31(2,29)30)9-23-20(16)27(15-5-3-13(22)4-6-15)10-12-8-24-21(28)19(26)18(12)17/h3-9,11,25H,10H2,1-2H3,(H,24,28). The Labute approximate surface area is 183 Å². The number of hydrogen-bond acceptors (Lipinski definition) is 5. The number of aromatic amines is 1. The average Bonchev–Trinajstić information content (AvgIpc) is 2.99. The van der Waals surface area contributed by atoms with E-state index in [1.807, 2.05) is 30.3 Å². The number of benzene rings is 1. The van der Waals surface area contributed by atoms with Gasteiger partial charge in [0.25, 0.3) is 5.56 Å². The molecule has 0 saturated heterocycles. The fourth-order valence-electron chi connectivity index (χ4n) is 4.07. The summed E-state index contributed by atoms with van der Waals surface area (Å²) < 4.78 is 27.8. The molecule has 0 aliphatic carbocycles. The van der Waals surface area contributed by atoms with Crippen LogP contribution >= 0.6 is 11.6 Å². The minimum absolute atomic E-state index is 0.188. The number of sulfonamides is 1. The van der Waals surface area contributed by atoms with Crippen molar-refractivity contribution in [1.82, 2.24) is 14.5 Å². The van der Waals surface area contributed by atoms with Crippen LogP contribution in [-0.4, -0.2) is 29.2 Å². The summed E-state index contributed by atoms with van der Waals surface area (Å²) in [7, 11) is -1.66. The Morgan fingerprint density at radius 3 is 2.65 bits per heavy atom. The van der Waals surface area contributed by atoms with Gasteiger partial charge in [-0.05, 0) is 35.9 Å². The van der Waals surface area contributed by atoms with Crippen molar-refractivity contribution in [2.75, 3.05) is 15.9 Å². The number of pyridine rings is 2. The molecule has 0 bridgehead atoms. The Balaban J connectivity index is 1.82. The van der Waals surface area contributed by atoms with Crippen LogP contribution in [0.25, 0.3) is 22.0 Å². The molecule has 4 heterocycles. The first-order valence-electron chi connectivity index (χ1n) is 9.42. The number of hydrogen-bond donors (Lipinski definition) is 2. The van der Waals surface area contributed by atoms with E-state index in [1.54, 1.807) is 29.0 Å². The average molecular weight is 456 g/mol. The number of nitrogens with zero attached hydrogens (tertiary/aromatic N) is 3. The predicted octanol–water partition coefficient (Wildman–Crippen LogP) is 3.61. The summed E-state index contributed by atoms with van der Waals surface area (Å²) in [5, 5.41) is 1.44. The second-order valence-electron chi connectivity index (χ2n) is 7.55. The Morgan fingerprint density at radius 2 is 1.94 bits per heavy atom. The maximum Gasteiger partial charge on any atom is 0.272 e. The largest absolute Gasteiger partial charge is 0.345 e. The van der Waals surface area contributed by atoms with Gasteiger partial charge < -0.3 is 14.5 Å².